The topological polar surface area (TPSA) is 142 Å². The van der Waals surface area contributed by atoms with Gasteiger partial charge in [0.15, 0.2) is 5.78 Å². The first-order chi connectivity index (χ1) is 16.7. The van der Waals surface area contributed by atoms with E-state index < -0.39 is 18.4 Å². The Morgan fingerprint density at radius 3 is 2.46 bits per heavy atom. The predicted octanol–water partition coefficient (Wildman–Crippen LogP) is 3.01. The Labute approximate surface area is 200 Å². The molecular formula is C26H23N5O4. The molecule has 0 bridgehead atoms. The monoisotopic (exact) mass is 469 g/mol. The maximum atomic E-state index is 13.2. The fourth-order valence-electron chi connectivity index (χ4n) is 3.91. The summed E-state index contributed by atoms with van der Waals surface area (Å²) < 4.78 is 1.82. The van der Waals surface area contributed by atoms with Crippen LogP contribution in [-0.2, 0) is 18.3 Å². The number of hydrogen-bond acceptors (Lipinski definition) is 5. The lowest BCUT2D eigenvalue weighted by atomic mass is 10.0. The van der Waals surface area contributed by atoms with Crippen molar-refractivity contribution in [3.63, 3.8) is 0 Å². The molecule has 9 nitrogen and oxygen atoms in total. The Hall–Kier alpha value is -4.79. The van der Waals surface area contributed by atoms with Crippen LogP contribution in [0.25, 0.3) is 10.9 Å². The third-order valence-corrected chi connectivity index (χ3v) is 5.66. The van der Waals surface area contributed by atoms with Crippen LogP contribution in [0.15, 0.2) is 73.2 Å². The average Bonchev–Trinajstić information content (AvgIpc) is 3.18. The van der Waals surface area contributed by atoms with Crippen LogP contribution in [0.2, 0.25) is 0 Å². The lowest BCUT2D eigenvalue weighted by Gasteiger charge is -2.21. The van der Waals surface area contributed by atoms with Gasteiger partial charge in [-0.3, -0.25) is 29.7 Å². The zero-order valence-corrected chi connectivity index (χ0v) is 18.9. The molecule has 4 aromatic rings. The summed E-state index contributed by atoms with van der Waals surface area (Å²) in [5, 5.41) is 17.5. The van der Waals surface area contributed by atoms with Crippen LogP contribution < -0.4 is 10.6 Å². The molecule has 0 radical (unpaired) electrons. The largest absolute Gasteiger partial charge is 0.480 e. The normalized spacial score (nSPS) is 10.8. The molecule has 0 aliphatic carbocycles. The molecule has 0 atom stereocenters. The highest BCUT2D eigenvalue weighted by molar-refractivity contribution is 6.12. The summed E-state index contributed by atoms with van der Waals surface area (Å²) in [6.45, 7) is -0.544. The minimum Gasteiger partial charge on any atom is -0.480 e. The first-order valence-corrected chi connectivity index (χ1v) is 10.7. The van der Waals surface area contributed by atoms with Gasteiger partial charge >= 0.3 is 5.97 Å². The van der Waals surface area contributed by atoms with Gasteiger partial charge in [0.25, 0.3) is 5.91 Å². The maximum Gasteiger partial charge on any atom is 0.323 e. The molecule has 0 unspecified atom stereocenters. The number of Topliss-reactive ketones (excluding diaryl/α,β-unsaturated/α-hetero) is 1. The van der Waals surface area contributed by atoms with Crippen molar-refractivity contribution in [3.05, 3.63) is 95.4 Å². The minimum absolute atomic E-state index is 0.0452. The van der Waals surface area contributed by atoms with Crippen LogP contribution in [0.4, 0.5) is 5.69 Å². The summed E-state index contributed by atoms with van der Waals surface area (Å²) >= 11 is 0. The van der Waals surface area contributed by atoms with Gasteiger partial charge in [0.1, 0.15) is 12.4 Å². The van der Waals surface area contributed by atoms with Crippen LogP contribution in [0.5, 0.6) is 0 Å². The Morgan fingerprint density at radius 2 is 1.83 bits per heavy atom. The number of amides is 1. The fourth-order valence-corrected chi connectivity index (χ4v) is 3.91. The molecule has 0 aliphatic heterocycles. The van der Waals surface area contributed by atoms with Gasteiger partial charge in [-0.05, 0) is 35.9 Å². The Balaban J connectivity index is 1.70. The second kappa shape index (κ2) is 9.60. The zero-order valence-electron chi connectivity index (χ0n) is 18.9. The van der Waals surface area contributed by atoms with E-state index in [0.717, 1.165) is 16.0 Å². The van der Waals surface area contributed by atoms with Crippen molar-refractivity contribution >= 4 is 40.1 Å². The van der Waals surface area contributed by atoms with E-state index in [4.69, 9.17) is 11.1 Å². The van der Waals surface area contributed by atoms with Gasteiger partial charge in [-0.25, -0.2) is 0 Å². The van der Waals surface area contributed by atoms with Gasteiger partial charge in [-0.2, -0.15) is 0 Å². The van der Waals surface area contributed by atoms with Crippen molar-refractivity contribution in [1.82, 2.24) is 9.55 Å². The number of nitrogens with zero attached hydrogens (tertiary/aromatic N) is 3. The molecule has 2 aromatic heterocycles. The van der Waals surface area contributed by atoms with Crippen molar-refractivity contribution in [2.45, 2.75) is 6.42 Å². The number of nitrogen functional groups attached to an aromatic ring is 1. The number of hydrogen-bond donors (Lipinski definition) is 3. The average molecular weight is 470 g/mol. The molecule has 4 rings (SSSR count). The number of fused-ring (bicyclic) bond motifs is 1. The minimum atomic E-state index is -1.17. The number of ketones is 1. The molecule has 1 amide bonds. The zero-order chi connectivity index (χ0) is 25.1. The molecule has 0 spiro atoms. The Bertz CT molecular complexity index is 1440. The molecular weight excluding hydrogens is 446 g/mol. The molecule has 2 aromatic carbocycles. The number of anilines is 1. The Kier molecular flexibility index (Phi) is 6.41. The molecule has 0 fully saturated rings. The number of carboxylic acid groups (broad SMARTS) is 1. The van der Waals surface area contributed by atoms with Crippen LogP contribution >= 0.6 is 0 Å². The van der Waals surface area contributed by atoms with Gasteiger partial charge in [-0.15, -0.1) is 0 Å². The van der Waals surface area contributed by atoms with Gasteiger partial charge in [-0.1, -0.05) is 24.3 Å². The number of aromatic nitrogens is 2. The fraction of sp³-hybridized carbons (Fsp3) is 0.115. The molecule has 35 heavy (non-hydrogen) atoms. The van der Waals surface area contributed by atoms with E-state index >= 15 is 0 Å². The second-order valence-electron chi connectivity index (χ2n) is 8.09. The lowest BCUT2D eigenvalue weighted by Crippen LogP contribution is -2.35. The summed E-state index contributed by atoms with van der Waals surface area (Å²) in [5.74, 6) is -1.85. The van der Waals surface area contributed by atoms with Gasteiger partial charge in [0.05, 0.1) is 5.56 Å². The summed E-state index contributed by atoms with van der Waals surface area (Å²) in [6.07, 6.45) is 4.77. The molecule has 0 saturated carbocycles. The van der Waals surface area contributed by atoms with E-state index in [9.17, 15) is 19.5 Å². The van der Waals surface area contributed by atoms with E-state index in [1.54, 1.807) is 60.8 Å². The smallest absolute Gasteiger partial charge is 0.323 e. The second-order valence-corrected chi connectivity index (χ2v) is 8.09. The lowest BCUT2D eigenvalue weighted by molar-refractivity contribution is -0.135. The highest BCUT2D eigenvalue weighted by Crippen LogP contribution is 2.28. The maximum absolute atomic E-state index is 13.2. The highest BCUT2D eigenvalue weighted by atomic mass is 16.4. The van der Waals surface area contributed by atoms with E-state index in [2.05, 4.69) is 4.98 Å². The molecule has 0 saturated heterocycles. The first kappa shape index (κ1) is 23.4. The van der Waals surface area contributed by atoms with Crippen LogP contribution in [0.3, 0.4) is 0 Å². The van der Waals surface area contributed by atoms with Crippen molar-refractivity contribution in [2.75, 3.05) is 11.4 Å². The number of pyridine rings is 1. The number of carbonyl (C=O) groups is 3. The third kappa shape index (κ3) is 4.93. The van der Waals surface area contributed by atoms with E-state index in [1.807, 2.05) is 11.6 Å². The molecule has 9 heteroatoms. The molecule has 4 N–H and O–H groups in total. The number of nitrogens with one attached hydrogen (secondary N) is 1. The third-order valence-electron chi connectivity index (χ3n) is 5.66. The standard InChI is InChI=1S/C26H23N5O4/c1-30-14-21(23(32)11-16-4-6-17(7-5-16)25(27)28)20-12-19(8-9-22(20)30)31(15-24(33)34)26(35)18-3-2-10-29-13-18/h2-10,12-14H,11,15H2,1H3,(H3,27,28)(H,33,34). The van der Waals surface area contributed by atoms with Gasteiger partial charge in [0.2, 0.25) is 0 Å². The predicted molar refractivity (Wildman–Crippen MR) is 132 cm³/mol. The molecule has 0 aliphatic rings. The van der Waals surface area contributed by atoms with Gasteiger partial charge < -0.3 is 15.4 Å². The molecule has 2 heterocycles. The van der Waals surface area contributed by atoms with Crippen molar-refractivity contribution < 1.29 is 19.5 Å². The number of carboxylic acids is 1. The highest BCUT2D eigenvalue weighted by Gasteiger charge is 2.23. The number of aryl methyl sites for hydroxylation is 1. The summed E-state index contributed by atoms with van der Waals surface area (Å²) in [7, 11) is 1.82. The number of amidine groups is 1. The van der Waals surface area contributed by atoms with Gasteiger partial charge in [0, 0.05) is 59.8 Å². The summed E-state index contributed by atoms with van der Waals surface area (Å²) in [6, 6.07) is 15.2. The SMILES string of the molecule is Cn1cc(C(=O)Cc2ccc(C(=N)N)cc2)c2cc(N(CC(=O)O)C(=O)c3cccnc3)ccc21. The van der Waals surface area contributed by atoms with Crippen molar-refractivity contribution in [2.24, 2.45) is 12.8 Å². The van der Waals surface area contributed by atoms with E-state index in [-0.39, 0.29) is 23.6 Å². The quantitative estimate of drug-likeness (QED) is 0.206. The number of carbonyl (C=O) groups excluding carboxylic acids is 2. The first-order valence-electron chi connectivity index (χ1n) is 10.7. The Morgan fingerprint density at radius 1 is 1.09 bits per heavy atom. The van der Waals surface area contributed by atoms with Crippen molar-refractivity contribution in [3.8, 4) is 0 Å². The molecule has 176 valence electrons. The summed E-state index contributed by atoms with van der Waals surface area (Å²) in [4.78, 5) is 42.9. The van der Waals surface area contributed by atoms with Crippen LogP contribution in [0, 0.1) is 5.41 Å². The van der Waals surface area contributed by atoms with Crippen molar-refractivity contribution in [1.29, 1.82) is 5.41 Å². The summed E-state index contributed by atoms with van der Waals surface area (Å²) in [5.41, 5.74) is 8.69. The van der Waals surface area contributed by atoms with E-state index in [0.29, 0.717) is 22.2 Å². The number of aliphatic carboxylic acids is 1. The number of nitrogens with two attached hydrogens (primary N) is 1. The van der Waals surface area contributed by atoms with E-state index in [1.165, 1.54) is 12.4 Å². The number of benzene rings is 2. The van der Waals surface area contributed by atoms with Crippen LogP contribution in [-0.4, -0.2) is 44.7 Å². The van der Waals surface area contributed by atoms with Crippen LogP contribution in [0.1, 0.15) is 31.8 Å². The number of rotatable bonds is 8.